The van der Waals surface area contributed by atoms with Crippen molar-refractivity contribution in [3.63, 3.8) is 0 Å². The number of hydrazine groups is 1. The van der Waals surface area contributed by atoms with Crippen LogP contribution in [0.3, 0.4) is 0 Å². The van der Waals surface area contributed by atoms with Crippen molar-refractivity contribution >= 4 is 11.8 Å². The molecule has 0 unspecified atom stereocenters. The molecule has 23 heavy (non-hydrogen) atoms. The number of carbonyl (C=O) groups excluding carboxylic acids is 2. The van der Waals surface area contributed by atoms with Gasteiger partial charge in [0.05, 0.1) is 5.54 Å². The van der Waals surface area contributed by atoms with E-state index in [1.165, 1.54) is 12.1 Å². The van der Waals surface area contributed by atoms with Crippen molar-refractivity contribution < 1.29 is 22.8 Å². The molecule has 0 bridgehead atoms. The third-order valence-corrected chi connectivity index (χ3v) is 2.93. The molecule has 126 valence electrons. The van der Waals surface area contributed by atoms with Crippen LogP contribution in [-0.2, 0) is 4.79 Å². The Morgan fingerprint density at radius 2 is 1.61 bits per heavy atom. The van der Waals surface area contributed by atoms with Crippen molar-refractivity contribution in [3.05, 3.63) is 47.5 Å². The molecule has 1 aromatic carbocycles. The number of rotatable bonds is 2. The molecule has 0 saturated heterocycles. The van der Waals surface area contributed by atoms with Gasteiger partial charge >= 0.3 is 6.18 Å². The predicted octanol–water partition coefficient (Wildman–Crippen LogP) is 3.47. The molecule has 0 aliphatic rings. The average molecular weight is 328 g/mol. The molecule has 0 saturated carbocycles. The number of allylic oxidation sites excluding steroid dienone is 1. The Hall–Kier alpha value is -2.31. The van der Waals surface area contributed by atoms with Crippen molar-refractivity contribution in [2.75, 3.05) is 0 Å². The smallest absolute Gasteiger partial charge is 0.268 e. The van der Waals surface area contributed by atoms with Crippen LogP contribution in [0.1, 0.15) is 38.1 Å². The van der Waals surface area contributed by atoms with Crippen LogP contribution >= 0.6 is 0 Å². The second-order valence-electron chi connectivity index (χ2n) is 5.98. The molecular formula is C16H19F3N2O2. The Morgan fingerprint density at radius 1 is 1.09 bits per heavy atom. The van der Waals surface area contributed by atoms with E-state index >= 15 is 0 Å². The lowest BCUT2D eigenvalue weighted by Gasteiger charge is -2.34. The lowest BCUT2D eigenvalue weighted by atomic mass is 10.1. The van der Waals surface area contributed by atoms with Gasteiger partial charge in [-0.25, -0.2) is 5.01 Å². The third kappa shape index (κ3) is 5.43. The third-order valence-electron chi connectivity index (χ3n) is 2.93. The minimum Gasteiger partial charge on any atom is -0.268 e. The van der Waals surface area contributed by atoms with Crippen LogP contribution < -0.4 is 5.43 Å². The molecule has 0 heterocycles. The molecule has 1 N–H and O–H groups in total. The number of amides is 2. The van der Waals surface area contributed by atoms with E-state index in [-0.39, 0.29) is 0 Å². The van der Waals surface area contributed by atoms with Gasteiger partial charge in [0.1, 0.15) is 0 Å². The van der Waals surface area contributed by atoms with E-state index in [2.05, 4.69) is 5.43 Å². The Morgan fingerprint density at radius 3 is 2.04 bits per heavy atom. The minimum absolute atomic E-state index is 0.297. The molecule has 0 aliphatic carbocycles. The predicted molar refractivity (Wildman–Crippen MR) is 80.3 cm³/mol. The molecule has 0 aliphatic heterocycles. The summed E-state index contributed by atoms with van der Waals surface area (Å²) in [6.07, 6.45) is -4.13. The molecule has 4 nitrogen and oxygen atoms in total. The first-order valence-corrected chi connectivity index (χ1v) is 6.88. The summed E-state index contributed by atoms with van der Waals surface area (Å²) < 4.78 is 37.7. The van der Waals surface area contributed by atoms with Crippen molar-refractivity contribution in [2.45, 2.75) is 39.4 Å². The van der Waals surface area contributed by atoms with Gasteiger partial charge in [0, 0.05) is 17.2 Å². The maximum absolute atomic E-state index is 12.6. The lowest BCUT2D eigenvalue weighted by Crippen LogP contribution is -2.55. The molecule has 2 amide bonds. The van der Waals surface area contributed by atoms with Gasteiger partial charge in [-0.1, -0.05) is 18.2 Å². The fourth-order valence-electron chi connectivity index (χ4n) is 1.64. The van der Waals surface area contributed by atoms with Crippen LogP contribution in [0.4, 0.5) is 13.2 Å². The van der Waals surface area contributed by atoms with Crippen molar-refractivity contribution in [1.29, 1.82) is 0 Å². The van der Waals surface area contributed by atoms with Crippen LogP contribution in [0.15, 0.2) is 42.0 Å². The van der Waals surface area contributed by atoms with Gasteiger partial charge in [-0.3, -0.25) is 15.0 Å². The van der Waals surface area contributed by atoms with E-state index in [9.17, 15) is 22.8 Å². The summed E-state index contributed by atoms with van der Waals surface area (Å²) in [5, 5.41) is 0.886. The SMILES string of the molecule is CC(=CC(=O)N(NC(=O)c1ccccc1)C(C)(C)C)C(F)(F)F. The van der Waals surface area contributed by atoms with Crippen LogP contribution in [0.25, 0.3) is 0 Å². The van der Waals surface area contributed by atoms with E-state index in [0.29, 0.717) is 11.6 Å². The molecule has 0 atom stereocenters. The summed E-state index contributed by atoms with van der Waals surface area (Å²) in [6, 6.07) is 8.09. The van der Waals surface area contributed by atoms with E-state index in [1.807, 2.05) is 0 Å². The zero-order valence-electron chi connectivity index (χ0n) is 13.4. The zero-order chi connectivity index (χ0) is 17.8. The number of nitrogens with one attached hydrogen (secondary N) is 1. The highest BCUT2D eigenvalue weighted by molar-refractivity contribution is 5.97. The van der Waals surface area contributed by atoms with Crippen LogP contribution in [0.5, 0.6) is 0 Å². The largest absolute Gasteiger partial charge is 0.412 e. The standard InChI is InChI=1S/C16H19F3N2O2/c1-11(16(17,18)19)10-13(22)21(15(2,3)4)20-14(23)12-8-6-5-7-9-12/h5-10H,1-4H3,(H,20,23). The highest BCUT2D eigenvalue weighted by Gasteiger charge is 2.33. The quantitative estimate of drug-likeness (QED) is 0.667. The number of hydrogen-bond donors (Lipinski definition) is 1. The number of hydrogen-bond acceptors (Lipinski definition) is 2. The Kier molecular flexibility index (Phi) is 5.58. The number of nitrogens with zero attached hydrogens (tertiary/aromatic N) is 1. The molecule has 0 radical (unpaired) electrons. The fraction of sp³-hybridized carbons (Fsp3) is 0.375. The Labute approximate surface area is 132 Å². The highest BCUT2D eigenvalue weighted by Crippen LogP contribution is 2.25. The van der Waals surface area contributed by atoms with Gasteiger partial charge in [-0.05, 0) is 39.8 Å². The van der Waals surface area contributed by atoms with Gasteiger partial charge in [-0.15, -0.1) is 0 Å². The van der Waals surface area contributed by atoms with Crippen molar-refractivity contribution in [1.82, 2.24) is 10.4 Å². The normalized spacial score (nSPS) is 12.7. The summed E-state index contributed by atoms with van der Waals surface area (Å²) in [5.74, 6) is -1.52. The van der Waals surface area contributed by atoms with E-state index < -0.39 is 29.1 Å². The summed E-state index contributed by atoms with van der Waals surface area (Å²) in [4.78, 5) is 24.3. The van der Waals surface area contributed by atoms with E-state index in [0.717, 1.165) is 11.9 Å². The second-order valence-corrected chi connectivity index (χ2v) is 5.98. The van der Waals surface area contributed by atoms with Gasteiger partial charge in [0.15, 0.2) is 0 Å². The minimum atomic E-state index is -4.59. The molecule has 1 aromatic rings. The maximum Gasteiger partial charge on any atom is 0.412 e. The van der Waals surface area contributed by atoms with Crippen molar-refractivity contribution in [3.8, 4) is 0 Å². The van der Waals surface area contributed by atoms with Gasteiger partial charge in [0.2, 0.25) is 0 Å². The average Bonchev–Trinajstić information content (AvgIpc) is 2.42. The highest BCUT2D eigenvalue weighted by atomic mass is 19.4. The summed E-state index contributed by atoms with van der Waals surface area (Å²) >= 11 is 0. The number of carbonyl (C=O) groups is 2. The molecule has 0 aromatic heterocycles. The number of alkyl halides is 3. The molecule has 0 spiro atoms. The number of benzene rings is 1. The molecular weight excluding hydrogens is 309 g/mol. The van der Waals surface area contributed by atoms with E-state index in [1.54, 1.807) is 39.0 Å². The van der Waals surface area contributed by atoms with Crippen molar-refractivity contribution in [2.24, 2.45) is 0 Å². The van der Waals surface area contributed by atoms with Gasteiger partial charge in [-0.2, -0.15) is 13.2 Å². The summed E-state index contributed by atoms with van der Waals surface area (Å²) in [7, 11) is 0. The summed E-state index contributed by atoms with van der Waals surface area (Å²) in [6.45, 7) is 5.62. The first-order chi connectivity index (χ1) is 10.4. The zero-order valence-corrected chi connectivity index (χ0v) is 13.4. The Balaban J connectivity index is 3.03. The van der Waals surface area contributed by atoms with Gasteiger partial charge in [0.25, 0.3) is 11.8 Å². The fourth-order valence-corrected chi connectivity index (χ4v) is 1.64. The topological polar surface area (TPSA) is 49.4 Å². The monoisotopic (exact) mass is 328 g/mol. The van der Waals surface area contributed by atoms with E-state index in [4.69, 9.17) is 0 Å². The first kappa shape index (κ1) is 18.7. The Bertz CT molecular complexity index is 602. The molecule has 0 fully saturated rings. The van der Waals surface area contributed by atoms with Crippen LogP contribution in [0, 0.1) is 0 Å². The van der Waals surface area contributed by atoms with Crippen LogP contribution in [0.2, 0.25) is 0 Å². The lowest BCUT2D eigenvalue weighted by molar-refractivity contribution is -0.134. The first-order valence-electron chi connectivity index (χ1n) is 6.88. The number of halogens is 3. The second kappa shape index (κ2) is 6.85. The molecule has 1 rings (SSSR count). The molecule has 7 heteroatoms. The van der Waals surface area contributed by atoms with Crippen LogP contribution in [-0.4, -0.2) is 28.5 Å². The summed E-state index contributed by atoms with van der Waals surface area (Å²) in [5.41, 5.74) is 0.725. The van der Waals surface area contributed by atoms with Gasteiger partial charge < -0.3 is 0 Å². The maximum atomic E-state index is 12.6.